The van der Waals surface area contributed by atoms with Gasteiger partial charge in [-0.3, -0.25) is 9.79 Å². The number of allylic oxidation sites excluding steroid dienone is 2. The monoisotopic (exact) mass is 358 g/mol. The Bertz CT molecular complexity index is 983. The normalized spacial score (nSPS) is 24.9. The summed E-state index contributed by atoms with van der Waals surface area (Å²) < 4.78 is 13.4. The third-order valence-electron chi connectivity index (χ3n) is 5.53. The van der Waals surface area contributed by atoms with Crippen molar-refractivity contribution < 1.29 is 9.18 Å². The van der Waals surface area contributed by atoms with Gasteiger partial charge >= 0.3 is 0 Å². The Balaban J connectivity index is 1.79. The zero-order valence-electron chi connectivity index (χ0n) is 15.0. The first kappa shape index (κ1) is 17.4. The molecule has 0 aromatic heterocycles. The van der Waals surface area contributed by atoms with Gasteiger partial charge in [-0.05, 0) is 42.5 Å². The summed E-state index contributed by atoms with van der Waals surface area (Å²) in [5, 5.41) is 9.72. The Morgan fingerprint density at radius 2 is 1.74 bits per heavy atom. The summed E-state index contributed by atoms with van der Waals surface area (Å²) in [6.45, 7) is 1.84. The van der Waals surface area contributed by atoms with E-state index in [9.17, 15) is 14.4 Å². The van der Waals surface area contributed by atoms with Gasteiger partial charge in [-0.15, -0.1) is 0 Å². The maximum atomic E-state index is 13.4. The number of aliphatic imine (C=N–C) groups is 1. The molecule has 1 unspecified atom stereocenters. The van der Waals surface area contributed by atoms with Crippen molar-refractivity contribution in [1.29, 1.82) is 5.26 Å². The van der Waals surface area contributed by atoms with Crippen molar-refractivity contribution in [3.05, 3.63) is 82.8 Å². The van der Waals surface area contributed by atoms with Gasteiger partial charge in [0.25, 0.3) is 0 Å². The molecular formula is C23H19FN2O. The number of nitrogens with zero attached hydrogens (tertiary/aromatic N) is 2. The molecular weight excluding hydrogens is 339 g/mol. The Morgan fingerprint density at radius 3 is 2.41 bits per heavy atom. The van der Waals surface area contributed by atoms with E-state index in [4.69, 9.17) is 0 Å². The van der Waals surface area contributed by atoms with Crippen LogP contribution < -0.4 is 0 Å². The highest BCUT2D eigenvalue weighted by Crippen LogP contribution is 2.46. The summed E-state index contributed by atoms with van der Waals surface area (Å²) in [4.78, 5) is 17.8. The lowest BCUT2D eigenvalue weighted by atomic mass is 9.69. The standard InChI is InChI=1S/C23H19FN2O/c1-14-19(13-25)22(16-7-9-18(24)10-8-16)23-20(26-14)11-17(12-21(23)27)15-5-3-2-4-6-15/h2-10,17,19,22H,11-12H2,1H3/t17-,19?,22-/m1/s1. The van der Waals surface area contributed by atoms with E-state index >= 15 is 0 Å². The van der Waals surface area contributed by atoms with E-state index in [2.05, 4.69) is 11.1 Å². The number of hydrogen-bond donors (Lipinski definition) is 0. The van der Waals surface area contributed by atoms with E-state index in [0.717, 1.165) is 16.8 Å². The van der Waals surface area contributed by atoms with Crippen LogP contribution in [0.4, 0.5) is 4.39 Å². The van der Waals surface area contributed by atoms with Crippen molar-refractivity contribution in [3.63, 3.8) is 0 Å². The van der Waals surface area contributed by atoms with Gasteiger partial charge in [0, 0.05) is 29.3 Å². The molecule has 0 bridgehead atoms. The van der Waals surface area contributed by atoms with Gasteiger partial charge in [-0.25, -0.2) is 4.39 Å². The molecule has 0 N–H and O–H groups in total. The van der Waals surface area contributed by atoms with Crippen LogP contribution in [0.5, 0.6) is 0 Å². The number of hydrogen-bond acceptors (Lipinski definition) is 3. The quantitative estimate of drug-likeness (QED) is 0.765. The summed E-state index contributed by atoms with van der Waals surface area (Å²) >= 11 is 0. The first-order valence-corrected chi connectivity index (χ1v) is 9.10. The minimum Gasteiger partial charge on any atom is -0.294 e. The molecule has 0 spiro atoms. The Kier molecular flexibility index (Phi) is 4.45. The summed E-state index contributed by atoms with van der Waals surface area (Å²) in [5.74, 6) is -1.09. The molecule has 0 saturated heterocycles. The van der Waals surface area contributed by atoms with Crippen LogP contribution in [-0.2, 0) is 4.79 Å². The predicted octanol–water partition coefficient (Wildman–Crippen LogP) is 4.92. The number of rotatable bonds is 2. The molecule has 4 heteroatoms. The van der Waals surface area contributed by atoms with Crippen molar-refractivity contribution in [1.82, 2.24) is 0 Å². The zero-order chi connectivity index (χ0) is 19.0. The molecule has 0 saturated carbocycles. The largest absolute Gasteiger partial charge is 0.294 e. The summed E-state index contributed by atoms with van der Waals surface area (Å²) in [7, 11) is 0. The van der Waals surface area contributed by atoms with Crippen molar-refractivity contribution in [3.8, 4) is 6.07 Å². The number of Topliss-reactive ketones (excluding diaryl/α,β-unsaturated/α-hetero) is 1. The highest BCUT2D eigenvalue weighted by Gasteiger charge is 2.41. The molecule has 0 radical (unpaired) electrons. The highest BCUT2D eigenvalue weighted by atomic mass is 19.1. The van der Waals surface area contributed by atoms with Gasteiger partial charge in [0.1, 0.15) is 5.82 Å². The number of ketones is 1. The molecule has 134 valence electrons. The fourth-order valence-corrected chi connectivity index (χ4v) is 4.22. The lowest BCUT2D eigenvalue weighted by Gasteiger charge is -2.35. The van der Waals surface area contributed by atoms with Crippen molar-refractivity contribution in [2.75, 3.05) is 0 Å². The average molecular weight is 358 g/mol. The third kappa shape index (κ3) is 3.10. The Hall–Kier alpha value is -3.06. The summed E-state index contributed by atoms with van der Waals surface area (Å²) in [6, 6.07) is 18.4. The molecule has 2 aromatic carbocycles. The second kappa shape index (κ2) is 6.92. The smallest absolute Gasteiger partial charge is 0.161 e. The van der Waals surface area contributed by atoms with Gasteiger partial charge in [-0.1, -0.05) is 42.5 Å². The van der Waals surface area contributed by atoms with Crippen LogP contribution in [0.15, 0.2) is 70.9 Å². The Morgan fingerprint density at radius 1 is 1.04 bits per heavy atom. The van der Waals surface area contributed by atoms with E-state index in [1.54, 1.807) is 12.1 Å². The van der Waals surface area contributed by atoms with Crippen LogP contribution in [0.2, 0.25) is 0 Å². The van der Waals surface area contributed by atoms with Crippen LogP contribution in [-0.4, -0.2) is 11.5 Å². The van der Waals surface area contributed by atoms with Gasteiger partial charge in [0.05, 0.1) is 12.0 Å². The predicted molar refractivity (Wildman–Crippen MR) is 102 cm³/mol. The van der Waals surface area contributed by atoms with Crippen LogP contribution in [0.3, 0.4) is 0 Å². The molecule has 27 heavy (non-hydrogen) atoms. The molecule has 1 aliphatic carbocycles. The van der Waals surface area contributed by atoms with E-state index in [1.807, 2.05) is 37.3 Å². The lowest BCUT2D eigenvalue weighted by Crippen LogP contribution is -2.32. The fourth-order valence-electron chi connectivity index (χ4n) is 4.22. The molecule has 3 nitrogen and oxygen atoms in total. The second-order valence-electron chi connectivity index (χ2n) is 7.19. The minimum atomic E-state index is -0.508. The molecule has 2 aliphatic rings. The number of carbonyl (C=O) groups excluding carboxylic acids is 1. The number of halogens is 1. The minimum absolute atomic E-state index is 0.0379. The number of benzene rings is 2. The zero-order valence-corrected chi connectivity index (χ0v) is 15.0. The highest BCUT2D eigenvalue weighted by molar-refractivity contribution is 6.03. The molecule has 0 amide bonds. The van der Waals surface area contributed by atoms with Gasteiger partial charge in [-0.2, -0.15) is 5.26 Å². The summed E-state index contributed by atoms with van der Waals surface area (Å²) in [6.07, 6.45) is 1.09. The second-order valence-corrected chi connectivity index (χ2v) is 7.19. The molecule has 0 fully saturated rings. The fraction of sp³-hybridized carbons (Fsp3) is 0.261. The number of nitriles is 1. The van der Waals surface area contributed by atoms with Gasteiger partial charge in [0.2, 0.25) is 0 Å². The molecule has 3 atom stereocenters. The Labute approximate surface area is 157 Å². The van der Waals surface area contributed by atoms with E-state index < -0.39 is 5.92 Å². The third-order valence-corrected chi connectivity index (χ3v) is 5.53. The summed E-state index contributed by atoms with van der Waals surface area (Å²) in [5.41, 5.74) is 4.04. The van der Waals surface area contributed by atoms with Crippen LogP contribution in [0.25, 0.3) is 0 Å². The molecule has 2 aromatic rings. The lowest BCUT2D eigenvalue weighted by molar-refractivity contribution is -0.116. The van der Waals surface area contributed by atoms with E-state index in [1.165, 1.54) is 12.1 Å². The van der Waals surface area contributed by atoms with Crippen molar-refractivity contribution >= 4 is 11.5 Å². The SMILES string of the molecule is CC1=NC2=C(C(=O)C[C@H](c3ccccc3)C2)[C@H](c2ccc(F)cc2)C1C#N. The maximum absolute atomic E-state index is 13.4. The van der Waals surface area contributed by atoms with E-state index in [0.29, 0.717) is 24.1 Å². The van der Waals surface area contributed by atoms with Crippen molar-refractivity contribution in [2.24, 2.45) is 10.9 Å². The topological polar surface area (TPSA) is 53.2 Å². The first-order chi connectivity index (χ1) is 13.1. The van der Waals surface area contributed by atoms with Gasteiger partial charge in [0.15, 0.2) is 5.78 Å². The van der Waals surface area contributed by atoms with Crippen LogP contribution >= 0.6 is 0 Å². The average Bonchev–Trinajstić information content (AvgIpc) is 2.68. The molecule has 1 aliphatic heterocycles. The number of carbonyl (C=O) groups is 1. The van der Waals surface area contributed by atoms with E-state index in [-0.39, 0.29) is 23.4 Å². The van der Waals surface area contributed by atoms with Crippen LogP contribution in [0, 0.1) is 23.1 Å². The van der Waals surface area contributed by atoms with Gasteiger partial charge < -0.3 is 0 Å². The molecule has 1 heterocycles. The van der Waals surface area contributed by atoms with Crippen LogP contribution in [0.1, 0.15) is 42.7 Å². The maximum Gasteiger partial charge on any atom is 0.161 e. The van der Waals surface area contributed by atoms with Crippen molar-refractivity contribution in [2.45, 2.75) is 31.6 Å². The first-order valence-electron chi connectivity index (χ1n) is 9.10. The molecule has 4 rings (SSSR count).